The number of halogens is 4. The molecule has 1 amide bonds. The van der Waals surface area contributed by atoms with Crippen molar-refractivity contribution in [3.63, 3.8) is 0 Å². The van der Waals surface area contributed by atoms with Crippen molar-refractivity contribution in [1.29, 1.82) is 0 Å². The average molecular weight is 464 g/mol. The van der Waals surface area contributed by atoms with Gasteiger partial charge in [0.15, 0.2) is 0 Å². The first kappa shape index (κ1) is 23.9. The zero-order chi connectivity index (χ0) is 23.5. The van der Waals surface area contributed by atoms with Crippen LogP contribution in [0.15, 0.2) is 65.3 Å². The fourth-order valence-corrected chi connectivity index (χ4v) is 3.95. The number of hydrogen-bond acceptors (Lipinski definition) is 3. The van der Waals surface area contributed by atoms with Gasteiger partial charge in [-0.05, 0) is 49.1 Å². The number of allylic oxidation sites excluding steroid dienone is 2. The van der Waals surface area contributed by atoms with E-state index in [1.54, 1.807) is 48.5 Å². The van der Waals surface area contributed by atoms with Crippen molar-refractivity contribution in [1.82, 2.24) is 4.90 Å². The smallest absolute Gasteiger partial charge is 0.395 e. The number of carbonyl (C=O) groups is 1. The zero-order valence-corrected chi connectivity index (χ0v) is 18.6. The third-order valence-electron chi connectivity index (χ3n) is 5.47. The summed E-state index contributed by atoms with van der Waals surface area (Å²) >= 11 is 6.13. The Bertz CT molecular complexity index is 1030. The van der Waals surface area contributed by atoms with Crippen molar-refractivity contribution in [2.24, 2.45) is 16.6 Å². The van der Waals surface area contributed by atoms with Gasteiger partial charge in [-0.1, -0.05) is 49.7 Å². The van der Waals surface area contributed by atoms with Crippen molar-refractivity contribution in [2.45, 2.75) is 38.9 Å². The van der Waals surface area contributed by atoms with Crippen LogP contribution in [-0.4, -0.2) is 35.3 Å². The molecule has 1 heterocycles. The first-order chi connectivity index (χ1) is 15.1. The molecule has 8 heteroatoms. The minimum atomic E-state index is -4.70. The van der Waals surface area contributed by atoms with Gasteiger partial charge in [0.1, 0.15) is 5.70 Å². The van der Waals surface area contributed by atoms with E-state index in [1.807, 2.05) is 4.90 Å². The number of amides is 1. The van der Waals surface area contributed by atoms with E-state index in [0.717, 1.165) is 18.9 Å². The second kappa shape index (κ2) is 9.77. The molecule has 0 bridgehead atoms. The van der Waals surface area contributed by atoms with E-state index in [4.69, 9.17) is 17.3 Å². The number of rotatable bonds is 5. The van der Waals surface area contributed by atoms with Crippen LogP contribution in [0.1, 0.15) is 42.6 Å². The van der Waals surface area contributed by atoms with Crippen molar-refractivity contribution < 1.29 is 18.0 Å². The Morgan fingerprint density at radius 2 is 1.78 bits per heavy atom. The fourth-order valence-electron chi connectivity index (χ4n) is 3.77. The third-order valence-corrected chi connectivity index (χ3v) is 5.79. The molecular weight excluding hydrogens is 439 g/mol. The molecule has 32 heavy (non-hydrogen) atoms. The van der Waals surface area contributed by atoms with E-state index in [2.05, 4.69) is 18.8 Å². The number of nitrogens with zero attached hydrogens (tertiary/aromatic N) is 2. The summed E-state index contributed by atoms with van der Waals surface area (Å²) in [5, 5.41) is 0.296. The summed E-state index contributed by atoms with van der Waals surface area (Å²) in [5.74, 6) is 0.272. The van der Waals surface area contributed by atoms with E-state index in [-0.39, 0.29) is 17.7 Å². The zero-order valence-electron chi connectivity index (χ0n) is 17.9. The van der Waals surface area contributed by atoms with Gasteiger partial charge in [0.2, 0.25) is 0 Å². The van der Waals surface area contributed by atoms with Crippen LogP contribution in [0.4, 0.5) is 18.9 Å². The summed E-state index contributed by atoms with van der Waals surface area (Å²) in [7, 11) is 0. The number of para-hydroxylation sites is 1. The van der Waals surface area contributed by atoms with Gasteiger partial charge in [0, 0.05) is 23.7 Å². The lowest BCUT2D eigenvalue weighted by Gasteiger charge is -2.27. The molecule has 1 atom stereocenters. The number of aliphatic imine (C=N–C) groups is 1. The molecule has 2 aromatic rings. The Morgan fingerprint density at radius 1 is 1.16 bits per heavy atom. The molecule has 0 spiro atoms. The SMILES string of the molecule is CC(C)C1CCCN1C(=O)c1ccc(C(/C=C(\N)C(F)(F)F)=Nc2ccccc2Cl)cc1. The van der Waals surface area contributed by atoms with Gasteiger partial charge in [-0.15, -0.1) is 0 Å². The molecule has 3 rings (SSSR count). The minimum Gasteiger partial charge on any atom is -0.395 e. The first-order valence-electron chi connectivity index (χ1n) is 10.4. The standard InChI is InChI=1S/C24H25ClF3N3O/c1-15(2)21-8-5-13-31(21)23(32)17-11-9-16(10-12-17)20(14-22(29)24(26,27)28)30-19-7-4-3-6-18(19)25/h3-4,6-7,9-12,14-15,21H,5,8,13,29H2,1-2H3/b22-14-,30-20?. The van der Waals surface area contributed by atoms with E-state index in [0.29, 0.717) is 34.3 Å². The van der Waals surface area contributed by atoms with E-state index >= 15 is 0 Å². The molecule has 1 unspecified atom stereocenters. The Morgan fingerprint density at radius 3 is 2.38 bits per heavy atom. The second-order valence-electron chi connectivity index (χ2n) is 8.08. The molecule has 0 aliphatic carbocycles. The number of hydrogen-bond donors (Lipinski definition) is 1. The van der Waals surface area contributed by atoms with Gasteiger partial charge >= 0.3 is 6.18 Å². The monoisotopic (exact) mass is 463 g/mol. The Labute approximate surface area is 190 Å². The lowest BCUT2D eigenvalue weighted by Crippen LogP contribution is -2.38. The van der Waals surface area contributed by atoms with Gasteiger partial charge in [0.05, 0.1) is 16.4 Å². The topological polar surface area (TPSA) is 58.7 Å². The number of benzene rings is 2. The lowest BCUT2D eigenvalue weighted by molar-refractivity contribution is -0.0925. The molecule has 2 N–H and O–H groups in total. The number of alkyl halides is 3. The molecule has 0 aromatic heterocycles. The maximum absolute atomic E-state index is 13.1. The normalized spacial score (nSPS) is 17.8. The van der Waals surface area contributed by atoms with Crippen LogP contribution < -0.4 is 5.73 Å². The maximum Gasteiger partial charge on any atom is 0.430 e. The summed E-state index contributed by atoms with van der Waals surface area (Å²) in [5.41, 5.74) is 5.14. The highest BCUT2D eigenvalue weighted by Gasteiger charge is 2.32. The largest absolute Gasteiger partial charge is 0.430 e. The highest BCUT2D eigenvalue weighted by molar-refractivity contribution is 6.33. The second-order valence-corrected chi connectivity index (χ2v) is 8.48. The first-order valence-corrected chi connectivity index (χ1v) is 10.7. The van der Waals surface area contributed by atoms with Crippen LogP contribution in [0.25, 0.3) is 0 Å². The lowest BCUT2D eigenvalue weighted by atomic mass is 10.0. The van der Waals surface area contributed by atoms with Crippen molar-refractivity contribution in [2.75, 3.05) is 6.54 Å². The number of likely N-dealkylation sites (tertiary alicyclic amines) is 1. The van der Waals surface area contributed by atoms with Crippen LogP contribution in [0.5, 0.6) is 0 Å². The quantitative estimate of drug-likeness (QED) is 0.542. The summed E-state index contributed by atoms with van der Waals surface area (Å²) in [6.45, 7) is 4.88. The van der Waals surface area contributed by atoms with E-state index in [1.165, 1.54) is 0 Å². The number of nitrogens with two attached hydrogens (primary N) is 1. The summed E-state index contributed by atoms with van der Waals surface area (Å²) in [6, 6.07) is 13.1. The molecule has 1 fully saturated rings. The minimum absolute atomic E-state index is 0.00634. The Hall–Kier alpha value is -2.80. The summed E-state index contributed by atoms with van der Waals surface area (Å²) in [4.78, 5) is 19.2. The number of carbonyl (C=O) groups excluding carboxylic acids is 1. The van der Waals surface area contributed by atoms with Crippen molar-refractivity contribution in [3.8, 4) is 0 Å². The van der Waals surface area contributed by atoms with E-state index < -0.39 is 11.9 Å². The molecule has 0 radical (unpaired) electrons. The van der Waals surface area contributed by atoms with Crippen LogP contribution >= 0.6 is 11.6 Å². The highest BCUT2D eigenvalue weighted by atomic mass is 35.5. The average Bonchev–Trinajstić information content (AvgIpc) is 3.24. The molecule has 4 nitrogen and oxygen atoms in total. The molecule has 170 valence electrons. The molecule has 1 saturated heterocycles. The van der Waals surface area contributed by atoms with Gasteiger partial charge < -0.3 is 10.6 Å². The Kier molecular flexibility index (Phi) is 7.29. The van der Waals surface area contributed by atoms with Gasteiger partial charge in [-0.3, -0.25) is 4.79 Å². The third kappa shape index (κ3) is 5.51. The van der Waals surface area contributed by atoms with Crippen LogP contribution in [-0.2, 0) is 0 Å². The molecule has 0 saturated carbocycles. The molecule has 2 aromatic carbocycles. The fraction of sp³-hybridized carbons (Fsp3) is 0.333. The van der Waals surface area contributed by atoms with Gasteiger partial charge in [-0.25, -0.2) is 4.99 Å². The molecule has 1 aliphatic heterocycles. The summed E-state index contributed by atoms with van der Waals surface area (Å²) in [6.07, 6.45) is -1.99. The van der Waals surface area contributed by atoms with Crippen LogP contribution in [0.3, 0.4) is 0 Å². The highest BCUT2D eigenvalue weighted by Crippen LogP contribution is 2.28. The molecular formula is C24H25ClF3N3O. The maximum atomic E-state index is 13.1. The van der Waals surface area contributed by atoms with Crippen LogP contribution in [0, 0.1) is 5.92 Å². The summed E-state index contributed by atoms with van der Waals surface area (Å²) < 4.78 is 39.2. The van der Waals surface area contributed by atoms with Crippen molar-refractivity contribution in [3.05, 3.63) is 76.5 Å². The van der Waals surface area contributed by atoms with Crippen molar-refractivity contribution >= 4 is 28.9 Å². The predicted octanol–water partition coefficient (Wildman–Crippen LogP) is 6.13. The van der Waals surface area contributed by atoms with Gasteiger partial charge in [-0.2, -0.15) is 13.2 Å². The Balaban J connectivity index is 1.96. The van der Waals surface area contributed by atoms with E-state index in [9.17, 15) is 18.0 Å². The van der Waals surface area contributed by atoms with Crippen LogP contribution in [0.2, 0.25) is 5.02 Å². The molecule has 1 aliphatic rings. The van der Waals surface area contributed by atoms with Gasteiger partial charge in [0.25, 0.3) is 5.91 Å². The predicted molar refractivity (Wildman–Crippen MR) is 121 cm³/mol.